The molecule has 2 aromatic heterocycles. The second-order valence-corrected chi connectivity index (χ2v) is 8.16. The Morgan fingerprint density at radius 3 is 3.00 bits per heavy atom. The summed E-state index contributed by atoms with van der Waals surface area (Å²) in [5, 5.41) is 5.38. The Morgan fingerprint density at radius 1 is 1.06 bits per heavy atom. The first kappa shape index (κ1) is 11.6. The van der Waals surface area contributed by atoms with E-state index in [0.717, 1.165) is 0 Å². The largest absolute Gasteiger partial charge is 0.148 e. The quantitative estimate of drug-likeness (QED) is 0.633. The van der Waals surface area contributed by atoms with E-state index in [-0.39, 0.29) is 0 Å². The molecule has 1 unspecified atom stereocenters. The maximum atomic E-state index is 2.46. The van der Waals surface area contributed by atoms with Crippen LogP contribution in [0.3, 0.4) is 0 Å². The van der Waals surface area contributed by atoms with Gasteiger partial charge in [0.25, 0.3) is 0 Å². The molecule has 1 aliphatic heterocycles. The molecule has 18 heavy (non-hydrogen) atoms. The highest BCUT2D eigenvalue weighted by atomic mass is 32.2. The first-order valence-electron chi connectivity index (χ1n) is 6.70. The van der Waals surface area contributed by atoms with Crippen LogP contribution >= 0.6 is 34.4 Å². The van der Waals surface area contributed by atoms with Gasteiger partial charge in [0, 0.05) is 15.5 Å². The number of hydrogen-bond donors (Lipinski definition) is 0. The number of rotatable bonds is 1. The number of fused-ring (bicyclic) bond motifs is 2. The van der Waals surface area contributed by atoms with Crippen LogP contribution in [-0.4, -0.2) is 0 Å². The lowest BCUT2D eigenvalue weighted by molar-refractivity contribution is 0.711. The standard InChI is InChI=1S/C15H16S3/c1-2-4-11-12(9-17-13(11)5-3-1)15-14-10(8-18-15)6-7-16-14/h6-7,9,15H,1-5,8H2. The normalized spacial score (nSPS) is 22.6. The molecule has 94 valence electrons. The molecule has 1 aliphatic carbocycles. The van der Waals surface area contributed by atoms with Crippen LogP contribution in [0.2, 0.25) is 0 Å². The van der Waals surface area contributed by atoms with Crippen molar-refractivity contribution in [1.29, 1.82) is 0 Å². The SMILES string of the molecule is c1cc2c(s1)C(c1csc3c1CCCCC3)SC2. The highest BCUT2D eigenvalue weighted by molar-refractivity contribution is 7.99. The van der Waals surface area contributed by atoms with Crippen molar-refractivity contribution in [2.24, 2.45) is 0 Å². The average Bonchev–Trinajstić information content (AvgIpc) is 3.02. The molecule has 0 N–H and O–H groups in total. The molecule has 2 aliphatic rings. The van der Waals surface area contributed by atoms with Crippen LogP contribution in [0, 0.1) is 0 Å². The number of hydrogen-bond acceptors (Lipinski definition) is 3. The highest BCUT2D eigenvalue weighted by Gasteiger charge is 2.29. The minimum atomic E-state index is 0.651. The zero-order valence-electron chi connectivity index (χ0n) is 10.3. The van der Waals surface area contributed by atoms with Gasteiger partial charge in [0.2, 0.25) is 0 Å². The molecule has 3 heteroatoms. The first-order valence-corrected chi connectivity index (χ1v) is 9.51. The lowest BCUT2D eigenvalue weighted by Crippen LogP contribution is -1.95. The van der Waals surface area contributed by atoms with Gasteiger partial charge >= 0.3 is 0 Å². The number of aryl methyl sites for hydroxylation is 1. The maximum Gasteiger partial charge on any atom is 0.0657 e. The van der Waals surface area contributed by atoms with Gasteiger partial charge in [-0.2, -0.15) is 0 Å². The van der Waals surface area contributed by atoms with Gasteiger partial charge in [-0.15, -0.1) is 34.4 Å². The third-order valence-corrected chi connectivity index (χ3v) is 7.63. The lowest BCUT2D eigenvalue weighted by atomic mass is 10.0. The number of thiophene rings is 2. The van der Waals surface area contributed by atoms with Crippen molar-refractivity contribution >= 4 is 34.4 Å². The molecule has 0 nitrogen and oxygen atoms in total. The summed E-state index contributed by atoms with van der Waals surface area (Å²) in [6.45, 7) is 0. The van der Waals surface area contributed by atoms with Gasteiger partial charge in [-0.3, -0.25) is 0 Å². The van der Waals surface area contributed by atoms with E-state index in [9.17, 15) is 0 Å². The Balaban J connectivity index is 1.76. The molecular formula is C15H16S3. The van der Waals surface area contributed by atoms with E-state index in [1.807, 2.05) is 22.7 Å². The molecule has 0 radical (unpaired) electrons. The van der Waals surface area contributed by atoms with Crippen LogP contribution in [0.15, 0.2) is 16.8 Å². The molecule has 4 rings (SSSR count). The fourth-order valence-electron chi connectivity index (χ4n) is 3.09. The molecule has 0 amide bonds. The molecule has 0 aromatic carbocycles. The van der Waals surface area contributed by atoms with Gasteiger partial charge in [-0.25, -0.2) is 0 Å². The monoisotopic (exact) mass is 292 g/mol. The Kier molecular flexibility index (Phi) is 3.02. The van der Waals surface area contributed by atoms with Gasteiger partial charge in [0.1, 0.15) is 0 Å². The van der Waals surface area contributed by atoms with Crippen molar-refractivity contribution in [3.63, 3.8) is 0 Å². The van der Waals surface area contributed by atoms with Crippen molar-refractivity contribution in [2.75, 3.05) is 0 Å². The van der Waals surface area contributed by atoms with Crippen LogP contribution in [0.5, 0.6) is 0 Å². The minimum Gasteiger partial charge on any atom is -0.148 e. The molecular weight excluding hydrogens is 276 g/mol. The molecule has 1 atom stereocenters. The first-order chi connectivity index (χ1) is 8.93. The van der Waals surface area contributed by atoms with Gasteiger partial charge in [-0.1, -0.05) is 6.42 Å². The zero-order chi connectivity index (χ0) is 11.9. The summed E-state index contributed by atoms with van der Waals surface area (Å²) in [6.07, 6.45) is 6.87. The van der Waals surface area contributed by atoms with Crippen LogP contribution in [0.1, 0.15) is 51.0 Å². The van der Waals surface area contributed by atoms with Crippen LogP contribution < -0.4 is 0 Å². The molecule has 2 aromatic rings. The Labute approximate surface area is 120 Å². The van der Waals surface area contributed by atoms with E-state index in [1.54, 1.807) is 26.4 Å². The molecule has 3 heterocycles. The van der Waals surface area contributed by atoms with Crippen LogP contribution in [0.4, 0.5) is 0 Å². The van der Waals surface area contributed by atoms with Crippen molar-refractivity contribution in [1.82, 2.24) is 0 Å². The lowest BCUT2D eigenvalue weighted by Gasteiger charge is -2.11. The fraction of sp³-hybridized carbons (Fsp3) is 0.467. The van der Waals surface area contributed by atoms with Gasteiger partial charge < -0.3 is 0 Å². The maximum absolute atomic E-state index is 2.46. The van der Waals surface area contributed by atoms with E-state index >= 15 is 0 Å². The van der Waals surface area contributed by atoms with Crippen LogP contribution in [-0.2, 0) is 18.6 Å². The molecule has 0 saturated carbocycles. The molecule has 0 spiro atoms. The smallest absolute Gasteiger partial charge is 0.0657 e. The average molecular weight is 292 g/mol. The second-order valence-electron chi connectivity index (χ2n) is 5.15. The summed E-state index contributed by atoms with van der Waals surface area (Å²) in [5.74, 6) is 1.22. The summed E-state index contributed by atoms with van der Waals surface area (Å²) in [6, 6.07) is 2.32. The van der Waals surface area contributed by atoms with Crippen molar-refractivity contribution in [2.45, 2.75) is 43.1 Å². The summed E-state index contributed by atoms with van der Waals surface area (Å²) in [4.78, 5) is 3.32. The second kappa shape index (κ2) is 4.69. The topological polar surface area (TPSA) is 0 Å². The van der Waals surface area contributed by atoms with Crippen molar-refractivity contribution in [3.05, 3.63) is 43.3 Å². The Bertz CT molecular complexity index is 564. The third-order valence-electron chi connectivity index (χ3n) is 4.05. The van der Waals surface area contributed by atoms with E-state index in [1.165, 1.54) is 37.9 Å². The van der Waals surface area contributed by atoms with Gasteiger partial charge in [0.05, 0.1) is 5.25 Å². The highest BCUT2D eigenvalue weighted by Crippen LogP contribution is 2.51. The van der Waals surface area contributed by atoms with E-state index in [2.05, 4.69) is 28.6 Å². The Hall–Kier alpha value is -0.250. The van der Waals surface area contributed by atoms with Gasteiger partial charge in [0.15, 0.2) is 0 Å². The summed E-state index contributed by atoms with van der Waals surface area (Å²) in [5.41, 5.74) is 4.96. The third kappa shape index (κ3) is 1.79. The molecule has 0 saturated heterocycles. The zero-order valence-corrected chi connectivity index (χ0v) is 12.7. The van der Waals surface area contributed by atoms with Gasteiger partial charge in [-0.05, 0) is 59.2 Å². The number of thioether (sulfide) groups is 1. The molecule has 0 fully saturated rings. The van der Waals surface area contributed by atoms with E-state index in [0.29, 0.717) is 5.25 Å². The minimum absolute atomic E-state index is 0.651. The summed E-state index contributed by atoms with van der Waals surface area (Å²) in [7, 11) is 0. The van der Waals surface area contributed by atoms with Crippen LogP contribution in [0.25, 0.3) is 0 Å². The predicted molar refractivity (Wildman–Crippen MR) is 83.0 cm³/mol. The van der Waals surface area contributed by atoms with E-state index in [4.69, 9.17) is 0 Å². The summed E-state index contributed by atoms with van der Waals surface area (Å²) >= 11 is 6.11. The van der Waals surface area contributed by atoms with Crippen molar-refractivity contribution < 1.29 is 0 Å². The summed E-state index contributed by atoms with van der Waals surface area (Å²) < 4.78 is 0. The fourth-order valence-corrected chi connectivity index (χ4v) is 7.02. The molecule has 0 bridgehead atoms. The van der Waals surface area contributed by atoms with E-state index < -0.39 is 0 Å². The van der Waals surface area contributed by atoms with Crippen molar-refractivity contribution in [3.8, 4) is 0 Å². The Morgan fingerprint density at radius 2 is 2.00 bits per heavy atom. The predicted octanol–water partition coefficient (Wildman–Crippen LogP) is 5.41.